The number of sulfonamides is 1. The molecule has 0 bridgehead atoms. The lowest BCUT2D eigenvalue weighted by Gasteiger charge is -2.31. The molecule has 0 N–H and O–H groups in total. The largest absolute Gasteiger partial charge is 0.243 e. The van der Waals surface area contributed by atoms with Gasteiger partial charge in [-0.2, -0.15) is 9.57 Å². The number of hydrogen-bond donors (Lipinski definition) is 0. The van der Waals surface area contributed by atoms with Crippen LogP contribution in [0.2, 0.25) is 0 Å². The van der Waals surface area contributed by atoms with Gasteiger partial charge in [0.1, 0.15) is 0 Å². The summed E-state index contributed by atoms with van der Waals surface area (Å²) in [6, 6.07) is 6.80. The SMILES string of the molecule is CCCC1CCN(S(=O)(=O)c2ccc(C#N)c(C)c2)CC1. The lowest BCUT2D eigenvalue weighted by Crippen LogP contribution is -2.38. The minimum atomic E-state index is -3.42. The van der Waals surface area contributed by atoms with Crippen molar-refractivity contribution in [1.29, 1.82) is 5.26 Å². The molecule has 114 valence electrons. The van der Waals surface area contributed by atoms with Gasteiger partial charge in [0.25, 0.3) is 0 Å². The van der Waals surface area contributed by atoms with E-state index in [4.69, 9.17) is 5.26 Å². The molecule has 0 aromatic heterocycles. The van der Waals surface area contributed by atoms with Gasteiger partial charge in [0.15, 0.2) is 0 Å². The van der Waals surface area contributed by atoms with Crippen molar-refractivity contribution < 1.29 is 8.42 Å². The minimum Gasteiger partial charge on any atom is -0.207 e. The third-order valence-corrected chi connectivity index (χ3v) is 6.12. The van der Waals surface area contributed by atoms with Crippen molar-refractivity contribution in [2.24, 2.45) is 5.92 Å². The monoisotopic (exact) mass is 306 g/mol. The summed E-state index contributed by atoms with van der Waals surface area (Å²) in [4.78, 5) is 0.299. The maximum Gasteiger partial charge on any atom is 0.243 e. The van der Waals surface area contributed by atoms with E-state index in [-0.39, 0.29) is 0 Å². The Morgan fingerprint density at radius 3 is 2.52 bits per heavy atom. The highest BCUT2D eigenvalue weighted by Gasteiger charge is 2.29. The van der Waals surface area contributed by atoms with Crippen LogP contribution in [-0.4, -0.2) is 25.8 Å². The maximum atomic E-state index is 12.6. The van der Waals surface area contributed by atoms with Gasteiger partial charge in [-0.15, -0.1) is 0 Å². The van der Waals surface area contributed by atoms with Crippen molar-refractivity contribution in [2.75, 3.05) is 13.1 Å². The normalized spacial score (nSPS) is 17.6. The van der Waals surface area contributed by atoms with Gasteiger partial charge in [0, 0.05) is 13.1 Å². The second-order valence-electron chi connectivity index (χ2n) is 5.72. The lowest BCUT2D eigenvalue weighted by atomic mass is 9.94. The Balaban J connectivity index is 2.16. The second-order valence-corrected chi connectivity index (χ2v) is 7.66. The topological polar surface area (TPSA) is 61.2 Å². The molecule has 0 amide bonds. The molecule has 5 heteroatoms. The van der Waals surface area contributed by atoms with Gasteiger partial charge < -0.3 is 0 Å². The molecule has 1 aromatic carbocycles. The summed E-state index contributed by atoms with van der Waals surface area (Å²) in [7, 11) is -3.42. The van der Waals surface area contributed by atoms with Gasteiger partial charge in [-0.25, -0.2) is 8.42 Å². The van der Waals surface area contributed by atoms with E-state index in [9.17, 15) is 8.42 Å². The van der Waals surface area contributed by atoms with Gasteiger partial charge in [0.05, 0.1) is 16.5 Å². The van der Waals surface area contributed by atoms with Crippen LogP contribution < -0.4 is 0 Å². The first kappa shape index (κ1) is 16.0. The quantitative estimate of drug-likeness (QED) is 0.859. The molecule has 0 saturated carbocycles. The summed E-state index contributed by atoms with van der Waals surface area (Å²) in [5, 5.41) is 8.93. The molecule has 0 atom stereocenters. The molecule has 2 rings (SSSR count). The molecule has 0 radical (unpaired) electrons. The Labute approximate surface area is 127 Å². The van der Waals surface area contributed by atoms with E-state index in [0.29, 0.717) is 35.0 Å². The van der Waals surface area contributed by atoms with Gasteiger partial charge in [-0.3, -0.25) is 0 Å². The molecule has 21 heavy (non-hydrogen) atoms. The molecule has 0 unspecified atom stereocenters. The number of nitrogens with zero attached hydrogens (tertiary/aromatic N) is 2. The molecule has 1 heterocycles. The molecule has 1 aromatic rings. The molecule has 1 aliphatic heterocycles. The fourth-order valence-corrected chi connectivity index (χ4v) is 4.47. The number of piperidine rings is 1. The van der Waals surface area contributed by atoms with E-state index in [1.165, 1.54) is 6.42 Å². The molecule has 1 fully saturated rings. The molecular weight excluding hydrogens is 284 g/mol. The predicted octanol–water partition coefficient (Wildman–Crippen LogP) is 3.07. The molecule has 1 saturated heterocycles. The molecule has 0 aliphatic carbocycles. The summed E-state index contributed by atoms with van der Waals surface area (Å²) >= 11 is 0. The van der Waals surface area contributed by atoms with Crippen LogP contribution in [0, 0.1) is 24.2 Å². The standard InChI is InChI=1S/C16H22N2O2S/c1-3-4-14-7-9-18(10-8-14)21(19,20)16-6-5-15(12-17)13(2)11-16/h5-6,11,14H,3-4,7-10H2,1-2H3. The van der Waals surface area contributed by atoms with Gasteiger partial charge in [-0.05, 0) is 49.4 Å². The average Bonchev–Trinajstić information content (AvgIpc) is 2.48. The van der Waals surface area contributed by atoms with Gasteiger partial charge >= 0.3 is 0 Å². The van der Waals surface area contributed by atoms with Crippen LogP contribution in [0.1, 0.15) is 43.7 Å². The third kappa shape index (κ3) is 3.45. The Hall–Kier alpha value is -1.38. The Bertz CT molecular complexity index is 639. The molecule has 0 spiro atoms. The highest BCUT2D eigenvalue weighted by Crippen LogP contribution is 2.27. The van der Waals surface area contributed by atoms with Gasteiger partial charge in [-0.1, -0.05) is 19.8 Å². The molecule has 4 nitrogen and oxygen atoms in total. The Kier molecular flexibility index (Phi) is 5.02. The number of rotatable bonds is 4. The summed E-state index contributed by atoms with van der Waals surface area (Å²) in [5.41, 5.74) is 1.23. The summed E-state index contributed by atoms with van der Waals surface area (Å²) in [6.45, 7) is 5.14. The highest BCUT2D eigenvalue weighted by molar-refractivity contribution is 7.89. The van der Waals surface area contributed by atoms with E-state index in [0.717, 1.165) is 19.3 Å². The molecule has 1 aliphatic rings. The van der Waals surface area contributed by atoms with Crippen molar-refractivity contribution in [3.05, 3.63) is 29.3 Å². The van der Waals surface area contributed by atoms with Crippen LogP contribution in [0.5, 0.6) is 0 Å². The number of benzene rings is 1. The summed E-state index contributed by atoms with van der Waals surface area (Å²) < 4.78 is 26.9. The van der Waals surface area contributed by atoms with E-state index in [1.54, 1.807) is 29.4 Å². The number of aryl methyl sites for hydroxylation is 1. The van der Waals surface area contributed by atoms with E-state index < -0.39 is 10.0 Å². The molecular formula is C16H22N2O2S. The zero-order chi connectivity index (χ0) is 15.5. The van der Waals surface area contributed by atoms with E-state index in [2.05, 4.69) is 13.0 Å². The highest BCUT2D eigenvalue weighted by atomic mass is 32.2. The fraction of sp³-hybridized carbons (Fsp3) is 0.562. The van der Waals surface area contributed by atoms with Gasteiger partial charge in [0.2, 0.25) is 10.0 Å². The van der Waals surface area contributed by atoms with Crippen molar-refractivity contribution in [3.63, 3.8) is 0 Å². The van der Waals surface area contributed by atoms with Crippen LogP contribution >= 0.6 is 0 Å². The fourth-order valence-electron chi connectivity index (χ4n) is 2.92. The average molecular weight is 306 g/mol. The van der Waals surface area contributed by atoms with E-state index in [1.807, 2.05) is 0 Å². The van der Waals surface area contributed by atoms with Crippen LogP contribution in [-0.2, 0) is 10.0 Å². The third-order valence-electron chi connectivity index (χ3n) is 4.23. The zero-order valence-corrected chi connectivity index (χ0v) is 13.5. The summed E-state index contributed by atoms with van der Waals surface area (Å²) in [6.07, 6.45) is 4.24. The van der Waals surface area contributed by atoms with Crippen LogP contribution in [0.3, 0.4) is 0 Å². The predicted molar refractivity (Wildman–Crippen MR) is 82.3 cm³/mol. The Morgan fingerprint density at radius 1 is 1.33 bits per heavy atom. The first-order chi connectivity index (χ1) is 9.98. The maximum absolute atomic E-state index is 12.6. The van der Waals surface area contributed by atoms with Crippen LogP contribution in [0.4, 0.5) is 0 Å². The second kappa shape index (κ2) is 6.59. The smallest absolute Gasteiger partial charge is 0.207 e. The summed E-state index contributed by atoms with van der Waals surface area (Å²) in [5.74, 6) is 0.657. The first-order valence-electron chi connectivity index (χ1n) is 7.50. The van der Waals surface area contributed by atoms with Crippen molar-refractivity contribution in [1.82, 2.24) is 4.31 Å². The van der Waals surface area contributed by atoms with Crippen molar-refractivity contribution >= 4 is 10.0 Å². The Morgan fingerprint density at radius 2 is 2.00 bits per heavy atom. The van der Waals surface area contributed by atoms with Crippen molar-refractivity contribution in [2.45, 2.75) is 44.4 Å². The lowest BCUT2D eigenvalue weighted by molar-refractivity contribution is 0.262. The zero-order valence-electron chi connectivity index (χ0n) is 12.7. The van der Waals surface area contributed by atoms with Crippen LogP contribution in [0.25, 0.3) is 0 Å². The minimum absolute atomic E-state index is 0.299. The first-order valence-corrected chi connectivity index (χ1v) is 8.94. The number of nitriles is 1. The van der Waals surface area contributed by atoms with Crippen LogP contribution in [0.15, 0.2) is 23.1 Å². The number of hydrogen-bond acceptors (Lipinski definition) is 3. The van der Waals surface area contributed by atoms with Crippen molar-refractivity contribution in [3.8, 4) is 6.07 Å². The van der Waals surface area contributed by atoms with E-state index >= 15 is 0 Å².